The molecule has 1 heterocycles. The quantitative estimate of drug-likeness (QED) is 0.719. The molecule has 1 aliphatic rings. The predicted octanol–water partition coefficient (Wildman–Crippen LogP) is 1.80. The molecule has 2 atom stereocenters. The van der Waals surface area contributed by atoms with Gasteiger partial charge in [-0.1, -0.05) is 24.3 Å². The summed E-state index contributed by atoms with van der Waals surface area (Å²) < 4.78 is 0. The van der Waals surface area contributed by atoms with Crippen molar-refractivity contribution in [3.63, 3.8) is 0 Å². The van der Waals surface area contributed by atoms with Gasteiger partial charge in [0.1, 0.15) is 0 Å². The molecule has 1 aliphatic heterocycles. The van der Waals surface area contributed by atoms with E-state index in [1.165, 1.54) is 31.4 Å². The van der Waals surface area contributed by atoms with Crippen molar-refractivity contribution in [3.8, 4) is 0 Å². The minimum absolute atomic E-state index is 0.120. The van der Waals surface area contributed by atoms with Gasteiger partial charge in [-0.2, -0.15) is 0 Å². The summed E-state index contributed by atoms with van der Waals surface area (Å²) in [6.07, 6.45) is 3.82. The van der Waals surface area contributed by atoms with Crippen LogP contribution in [0.5, 0.6) is 0 Å². The first-order valence-corrected chi connectivity index (χ1v) is 6.93. The molecule has 0 aromatic heterocycles. The Morgan fingerprint density at radius 3 is 3.00 bits per heavy atom. The molecule has 2 rings (SSSR count). The number of aliphatic hydroxyl groups is 1. The summed E-state index contributed by atoms with van der Waals surface area (Å²) in [6.45, 7) is 4.42. The van der Waals surface area contributed by atoms with Gasteiger partial charge in [-0.3, -0.25) is 0 Å². The molecular formula is C15H24N2O. The van der Waals surface area contributed by atoms with E-state index in [1.807, 2.05) is 12.1 Å². The number of hydrogen-bond acceptors (Lipinski definition) is 3. The molecule has 1 aromatic carbocycles. The third kappa shape index (κ3) is 4.09. The second-order valence-electron chi connectivity index (χ2n) is 5.29. The molecule has 0 saturated carbocycles. The molecule has 1 saturated heterocycles. The van der Waals surface area contributed by atoms with Crippen LogP contribution >= 0.6 is 0 Å². The molecule has 2 unspecified atom stereocenters. The normalized spacial score (nSPS) is 21.1. The first-order chi connectivity index (χ1) is 8.78. The van der Waals surface area contributed by atoms with Crippen molar-refractivity contribution in [1.82, 2.24) is 10.6 Å². The van der Waals surface area contributed by atoms with Crippen LogP contribution in [0.25, 0.3) is 0 Å². The molecule has 1 aromatic rings. The van der Waals surface area contributed by atoms with Crippen LogP contribution in [0.15, 0.2) is 24.3 Å². The van der Waals surface area contributed by atoms with E-state index in [9.17, 15) is 0 Å². The van der Waals surface area contributed by atoms with Gasteiger partial charge in [-0.05, 0) is 43.9 Å². The zero-order valence-corrected chi connectivity index (χ0v) is 11.2. The molecule has 0 spiro atoms. The predicted molar refractivity (Wildman–Crippen MR) is 74.3 cm³/mol. The van der Waals surface area contributed by atoms with Crippen LogP contribution in [0, 0.1) is 0 Å². The lowest BCUT2D eigenvalue weighted by atomic mass is 10.1. The van der Waals surface area contributed by atoms with Gasteiger partial charge in [-0.25, -0.2) is 0 Å². The molecular weight excluding hydrogens is 224 g/mol. The maximum atomic E-state index is 9.10. The largest absolute Gasteiger partial charge is 0.392 e. The van der Waals surface area contributed by atoms with E-state index in [2.05, 4.69) is 29.7 Å². The Bertz CT molecular complexity index is 361. The molecule has 0 bridgehead atoms. The summed E-state index contributed by atoms with van der Waals surface area (Å²) in [5.74, 6) is 0. The summed E-state index contributed by atoms with van der Waals surface area (Å²) >= 11 is 0. The Balaban J connectivity index is 1.75. The van der Waals surface area contributed by atoms with Crippen LogP contribution in [0.2, 0.25) is 0 Å². The maximum absolute atomic E-state index is 9.10. The molecule has 0 aliphatic carbocycles. The standard InChI is InChI=1S/C15H24N2O/c1-12(8-15-6-3-7-16-15)17-10-13-4-2-5-14(9-13)11-18/h2,4-5,9,12,15-18H,3,6-8,10-11H2,1H3. The van der Waals surface area contributed by atoms with Crippen molar-refractivity contribution < 1.29 is 5.11 Å². The van der Waals surface area contributed by atoms with Gasteiger partial charge in [0.15, 0.2) is 0 Å². The molecule has 3 nitrogen and oxygen atoms in total. The van der Waals surface area contributed by atoms with E-state index in [0.717, 1.165) is 12.1 Å². The summed E-state index contributed by atoms with van der Waals surface area (Å²) in [4.78, 5) is 0. The highest BCUT2D eigenvalue weighted by Crippen LogP contribution is 2.11. The highest BCUT2D eigenvalue weighted by atomic mass is 16.3. The number of nitrogens with one attached hydrogen (secondary N) is 2. The lowest BCUT2D eigenvalue weighted by molar-refractivity contribution is 0.281. The summed E-state index contributed by atoms with van der Waals surface area (Å²) in [5, 5.41) is 16.2. The third-order valence-electron chi connectivity index (χ3n) is 3.63. The van der Waals surface area contributed by atoms with Gasteiger partial charge in [0, 0.05) is 18.6 Å². The fraction of sp³-hybridized carbons (Fsp3) is 0.600. The van der Waals surface area contributed by atoms with Crippen molar-refractivity contribution in [2.45, 2.75) is 51.4 Å². The SMILES string of the molecule is CC(CC1CCCN1)NCc1cccc(CO)c1. The van der Waals surface area contributed by atoms with Crippen LogP contribution in [-0.4, -0.2) is 23.7 Å². The second-order valence-corrected chi connectivity index (χ2v) is 5.29. The Morgan fingerprint density at radius 1 is 1.44 bits per heavy atom. The summed E-state index contributed by atoms with van der Waals surface area (Å²) in [6, 6.07) is 9.34. The molecule has 0 amide bonds. The van der Waals surface area contributed by atoms with Crippen molar-refractivity contribution in [2.24, 2.45) is 0 Å². The highest BCUT2D eigenvalue weighted by molar-refractivity contribution is 5.22. The number of benzene rings is 1. The Hall–Kier alpha value is -0.900. The molecule has 18 heavy (non-hydrogen) atoms. The topological polar surface area (TPSA) is 44.3 Å². The highest BCUT2D eigenvalue weighted by Gasteiger charge is 2.16. The lowest BCUT2D eigenvalue weighted by Gasteiger charge is -2.18. The Labute approximate surface area is 110 Å². The van der Waals surface area contributed by atoms with E-state index in [4.69, 9.17) is 5.11 Å². The van der Waals surface area contributed by atoms with Crippen LogP contribution in [-0.2, 0) is 13.2 Å². The van der Waals surface area contributed by atoms with Gasteiger partial charge >= 0.3 is 0 Å². The molecule has 3 N–H and O–H groups in total. The Morgan fingerprint density at radius 2 is 2.28 bits per heavy atom. The smallest absolute Gasteiger partial charge is 0.0681 e. The van der Waals surface area contributed by atoms with Crippen molar-refractivity contribution in [1.29, 1.82) is 0 Å². The van der Waals surface area contributed by atoms with E-state index >= 15 is 0 Å². The van der Waals surface area contributed by atoms with Crippen LogP contribution in [0.1, 0.15) is 37.3 Å². The van der Waals surface area contributed by atoms with Crippen molar-refractivity contribution >= 4 is 0 Å². The number of aliphatic hydroxyl groups excluding tert-OH is 1. The minimum Gasteiger partial charge on any atom is -0.392 e. The average molecular weight is 248 g/mol. The molecule has 1 fully saturated rings. The van der Waals surface area contributed by atoms with Gasteiger partial charge in [0.25, 0.3) is 0 Å². The third-order valence-corrected chi connectivity index (χ3v) is 3.63. The Kier molecular flexibility index (Phi) is 5.17. The average Bonchev–Trinajstić information content (AvgIpc) is 2.89. The summed E-state index contributed by atoms with van der Waals surface area (Å²) in [7, 11) is 0. The van der Waals surface area contributed by atoms with E-state index in [0.29, 0.717) is 12.1 Å². The van der Waals surface area contributed by atoms with Gasteiger partial charge in [0.2, 0.25) is 0 Å². The van der Waals surface area contributed by atoms with E-state index in [1.54, 1.807) is 0 Å². The summed E-state index contributed by atoms with van der Waals surface area (Å²) in [5.41, 5.74) is 2.23. The minimum atomic E-state index is 0.120. The van der Waals surface area contributed by atoms with Crippen LogP contribution < -0.4 is 10.6 Å². The molecule has 3 heteroatoms. The number of hydrogen-bond donors (Lipinski definition) is 3. The zero-order chi connectivity index (χ0) is 12.8. The van der Waals surface area contributed by atoms with E-state index in [-0.39, 0.29) is 6.61 Å². The zero-order valence-electron chi connectivity index (χ0n) is 11.2. The van der Waals surface area contributed by atoms with Crippen molar-refractivity contribution in [2.75, 3.05) is 6.54 Å². The lowest BCUT2D eigenvalue weighted by Crippen LogP contribution is -2.33. The first-order valence-electron chi connectivity index (χ1n) is 6.93. The van der Waals surface area contributed by atoms with Crippen molar-refractivity contribution in [3.05, 3.63) is 35.4 Å². The number of rotatable bonds is 6. The van der Waals surface area contributed by atoms with Crippen LogP contribution in [0.3, 0.4) is 0 Å². The monoisotopic (exact) mass is 248 g/mol. The fourth-order valence-corrected chi connectivity index (χ4v) is 2.60. The fourth-order valence-electron chi connectivity index (χ4n) is 2.60. The second kappa shape index (κ2) is 6.88. The van der Waals surface area contributed by atoms with Gasteiger partial charge in [0.05, 0.1) is 6.61 Å². The van der Waals surface area contributed by atoms with Gasteiger partial charge < -0.3 is 15.7 Å². The molecule has 100 valence electrons. The maximum Gasteiger partial charge on any atom is 0.0681 e. The first kappa shape index (κ1) is 13.5. The van der Waals surface area contributed by atoms with Crippen LogP contribution in [0.4, 0.5) is 0 Å². The van der Waals surface area contributed by atoms with E-state index < -0.39 is 0 Å². The molecule has 0 radical (unpaired) electrons. The van der Waals surface area contributed by atoms with Gasteiger partial charge in [-0.15, -0.1) is 0 Å².